The van der Waals surface area contributed by atoms with E-state index in [1.807, 2.05) is 49.4 Å². The third-order valence-electron chi connectivity index (χ3n) is 3.81. The summed E-state index contributed by atoms with van der Waals surface area (Å²) in [6.45, 7) is 3.48. The van der Waals surface area contributed by atoms with Crippen LogP contribution in [0.25, 0.3) is 10.6 Å². The molecule has 0 aliphatic carbocycles. The number of aryl methyl sites for hydroxylation is 1. The van der Waals surface area contributed by atoms with Crippen LogP contribution in [0.1, 0.15) is 22.8 Å². The maximum Gasteiger partial charge on any atom is 0.252 e. The van der Waals surface area contributed by atoms with E-state index in [2.05, 4.69) is 20.8 Å². The van der Waals surface area contributed by atoms with E-state index < -0.39 is 6.04 Å². The van der Waals surface area contributed by atoms with Gasteiger partial charge < -0.3 is 5.32 Å². The van der Waals surface area contributed by atoms with Crippen LogP contribution in [0.15, 0.2) is 54.6 Å². The van der Waals surface area contributed by atoms with Crippen LogP contribution in [0.5, 0.6) is 0 Å². The number of benzene rings is 2. The standard InChI is InChI=1S/C19H18N4O2S/c1-12-8-6-7-11-15(12)17(25)20-13(2)16(24)21-19-23-22-18(26-19)14-9-4-3-5-10-14/h3-11,13H,1-2H3,(H,20,25)(H,21,23,24)/t13-/m0/s1. The van der Waals surface area contributed by atoms with Crippen LogP contribution in [0.2, 0.25) is 0 Å². The van der Waals surface area contributed by atoms with Gasteiger partial charge in [-0.2, -0.15) is 0 Å². The number of carbonyl (C=O) groups is 2. The van der Waals surface area contributed by atoms with E-state index >= 15 is 0 Å². The van der Waals surface area contributed by atoms with Crippen molar-refractivity contribution in [2.45, 2.75) is 19.9 Å². The molecule has 0 bridgehead atoms. The van der Waals surface area contributed by atoms with Crippen LogP contribution < -0.4 is 10.6 Å². The van der Waals surface area contributed by atoms with Gasteiger partial charge in [0.25, 0.3) is 5.91 Å². The smallest absolute Gasteiger partial charge is 0.252 e. The lowest BCUT2D eigenvalue weighted by molar-refractivity contribution is -0.117. The van der Waals surface area contributed by atoms with Crippen molar-refractivity contribution in [3.8, 4) is 10.6 Å². The lowest BCUT2D eigenvalue weighted by Gasteiger charge is -2.13. The fourth-order valence-electron chi connectivity index (χ4n) is 2.35. The monoisotopic (exact) mass is 366 g/mol. The molecule has 3 rings (SSSR count). The summed E-state index contributed by atoms with van der Waals surface area (Å²) < 4.78 is 0. The Bertz CT molecular complexity index is 924. The number of hydrogen-bond donors (Lipinski definition) is 2. The first-order chi connectivity index (χ1) is 12.5. The Morgan fingerprint density at radius 2 is 1.69 bits per heavy atom. The molecule has 0 aliphatic rings. The molecule has 0 radical (unpaired) electrons. The van der Waals surface area contributed by atoms with Gasteiger partial charge in [-0.3, -0.25) is 14.9 Å². The summed E-state index contributed by atoms with van der Waals surface area (Å²) in [5, 5.41) is 14.6. The van der Waals surface area contributed by atoms with E-state index in [4.69, 9.17) is 0 Å². The number of rotatable bonds is 5. The predicted molar refractivity (Wildman–Crippen MR) is 102 cm³/mol. The molecule has 3 aromatic rings. The van der Waals surface area contributed by atoms with Crippen LogP contribution in [-0.4, -0.2) is 28.1 Å². The SMILES string of the molecule is Cc1ccccc1C(=O)N[C@@H](C)C(=O)Nc1nnc(-c2ccccc2)s1. The molecular weight excluding hydrogens is 348 g/mol. The quantitative estimate of drug-likeness (QED) is 0.726. The summed E-state index contributed by atoms with van der Waals surface area (Å²) in [6.07, 6.45) is 0. The molecule has 1 heterocycles. The molecule has 7 heteroatoms. The first-order valence-electron chi connectivity index (χ1n) is 8.11. The van der Waals surface area contributed by atoms with Gasteiger partial charge in [0.15, 0.2) is 0 Å². The average Bonchev–Trinajstić information content (AvgIpc) is 3.11. The summed E-state index contributed by atoms with van der Waals surface area (Å²) in [5.74, 6) is -0.629. The van der Waals surface area contributed by atoms with E-state index in [0.717, 1.165) is 16.1 Å². The molecule has 0 saturated carbocycles. The number of amides is 2. The Hall–Kier alpha value is -3.06. The van der Waals surface area contributed by atoms with Crippen molar-refractivity contribution in [3.63, 3.8) is 0 Å². The number of nitrogens with one attached hydrogen (secondary N) is 2. The van der Waals surface area contributed by atoms with Crippen LogP contribution in [0.4, 0.5) is 5.13 Å². The minimum atomic E-state index is -0.703. The summed E-state index contributed by atoms with van der Waals surface area (Å²) in [4.78, 5) is 24.6. The molecule has 6 nitrogen and oxygen atoms in total. The van der Waals surface area contributed by atoms with E-state index in [0.29, 0.717) is 10.7 Å². The molecule has 132 valence electrons. The first kappa shape index (κ1) is 17.8. The van der Waals surface area contributed by atoms with Gasteiger partial charge in [-0.05, 0) is 25.5 Å². The summed E-state index contributed by atoms with van der Waals surface area (Å²) in [6, 6.07) is 16.1. The fraction of sp³-hybridized carbons (Fsp3) is 0.158. The van der Waals surface area contributed by atoms with Crippen molar-refractivity contribution >= 4 is 28.3 Å². The summed E-state index contributed by atoms with van der Waals surface area (Å²) in [7, 11) is 0. The molecule has 2 amide bonds. The predicted octanol–water partition coefficient (Wildman–Crippen LogP) is 3.27. The number of anilines is 1. The topological polar surface area (TPSA) is 84.0 Å². The summed E-state index contributed by atoms with van der Waals surface area (Å²) >= 11 is 1.28. The summed E-state index contributed by atoms with van der Waals surface area (Å²) in [5.41, 5.74) is 2.34. The van der Waals surface area contributed by atoms with Crippen molar-refractivity contribution in [2.24, 2.45) is 0 Å². The zero-order valence-electron chi connectivity index (χ0n) is 14.4. The van der Waals surface area contributed by atoms with Crippen LogP contribution >= 0.6 is 11.3 Å². The van der Waals surface area contributed by atoms with Gasteiger partial charge in [0.05, 0.1) is 0 Å². The number of carbonyl (C=O) groups excluding carboxylic acids is 2. The van der Waals surface area contributed by atoms with Gasteiger partial charge in [-0.15, -0.1) is 10.2 Å². The third-order valence-corrected chi connectivity index (χ3v) is 4.69. The fourth-order valence-corrected chi connectivity index (χ4v) is 3.10. The molecule has 2 aromatic carbocycles. The maximum absolute atomic E-state index is 12.3. The number of aromatic nitrogens is 2. The van der Waals surface area contributed by atoms with Crippen LogP contribution in [0.3, 0.4) is 0 Å². The second kappa shape index (κ2) is 7.88. The molecule has 1 aromatic heterocycles. The molecule has 1 atom stereocenters. The van der Waals surface area contributed by atoms with E-state index in [1.165, 1.54) is 11.3 Å². The van der Waals surface area contributed by atoms with Crippen molar-refractivity contribution in [1.29, 1.82) is 0 Å². The normalized spacial score (nSPS) is 11.6. The van der Waals surface area contributed by atoms with Gasteiger partial charge in [-0.1, -0.05) is 59.9 Å². The van der Waals surface area contributed by atoms with Gasteiger partial charge >= 0.3 is 0 Å². The third kappa shape index (κ3) is 4.12. The van der Waals surface area contributed by atoms with Gasteiger partial charge in [0, 0.05) is 11.1 Å². The lowest BCUT2D eigenvalue weighted by Crippen LogP contribution is -2.41. The highest BCUT2D eigenvalue weighted by atomic mass is 32.1. The average molecular weight is 366 g/mol. The Kier molecular flexibility index (Phi) is 5.38. The molecule has 26 heavy (non-hydrogen) atoms. The van der Waals surface area contributed by atoms with Crippen LogP contribution in [0, 0.1) is 6.92 Å². The van der Waals surface area contributed by atoms with Crippen LogP contribution in [-0.2, 0) is 4.79 Å². The minimum absolute atomic E-state index is 0.284. The first-order valence-corrected chi connectivity index (χ1v) is 8.92. The maximum atomic E-state index is 12.3. The molecule has 0 aliphatic heterocycles. The van der Waals surface area contributed by atoms with Gasteiger partial charge in [-0.25, -0.2) is 0 Å². The minimum Gasteiger partial charge on any atom is -0.341 e. The Morgan fingerprint density at radius 1 is 1.00 bits per heavy atom. The van der Waals surface area contributed by atoms with Gasteiger partial charge in [0.2, 0.25) is 11.0 Å². The van der Waals surface area contributed by atoms with E-state index in [1.54, 1.807) is 19.1 Å². The zero-order valence-corrected chi connectivity index (χ0v) is 15.2. The molecular formula is C19H18N4O2S. The lowest BCUT2D eigenvalue weighted by atomic mass is 10.1. The largest absolute Gasteiger partial charge is 0.341 e. The Labute approximate surface area is 155 Å². The Morgan fingerprint density at radius 3 is 2.42 bits per heavy atom. The van der Waals surface area contributed by atoms with E-state index in [9.17, 15) is 9.59 Å². The van der Waals surface area contributed by atoms with Crippen molar-refractivity contribution in [2.75, 3.05) is 5.32 Å². The molecule has 2 N–H and O–H groups in total. The Balaban J connectivity index is 1.62. The van der Waals surface area contributed by atoms with Crippen molar-refractivity contribution in [3.05, 3.63) is 65.7 Å². The highest BCUT2D eigenvalue weighted by Gasteiger charge is 2.19. The van der Waals surface area contributed by atoms with Crippen molar-refractivity contribution in [1.82, 2.24) is 15.5 Å². The van der Waals surface area contributed by atoms with E-state index in [-0.39, 0.29) is 11.8 Å². The van der Waals surface area contributed by atoms with Crippen molar-refractivity contribution < 1.29 is 9.59 Å². The second-order valence-corrected chi connectivity index (χ2v) is 6.76. The molecule has 0 fully saturated rings. The highest BCUT2D eigenvalue weighted by Crippen LogP contribution is 2.25. The number of hydrogen-bond acceptors (Lipinski definition) is 5. The van der Waals surface area contributed by atoms with Gasteiger partial charge in [0.1, 0.15) is 11.0 Å². The molecule has 0 unspecified atom stereocenters. The number of nitrogens with zero attached hydrogens (tertiary/aromatic N) is 2. The highest BCUT2D eigenvalue weighted by molar-refractivity contribution is 7.18. The second-order valence-electron chi connectivity index (χ2n) is 5.78. The molecule has 0 spiro atoms. The zero-order chi connectivity index (χ0) is 18.5. The molecule has 0 saturated heterocycles.